The fourth-order valence-electron chi connectivity index (χ4n) is 8.09. The molecule has 0 bridgehead atoms. The van der Waals surface area contributed by atoms with E-state index in [1.807, 2.05) is 6.07 Å². The maximum Gasteiger partial charge on any atom is 0.104 e. The molecule has 0 radical (unpaired) electrons. The molecule has 2 N–H and O–H groups in total. The van der Waals surface area contributed by atoms with Crippen LogP contribution in [0.5, 0.6) is 0 Å². The van der Waals surface area contributed by atoms with Crippen molar-refractivity contribution in [3.8, 4) is 44.6 Å². The maximum absolute atomic E-state index is 5.18. The number of nitrogens with zero attached hydrogens (tertiary/aromatic N) is 1. The van der Waals surface area contributed by atoms with Crippen molar-refractivity contribution >= 4 is 27.4 Å². The van der Waals surface area contributed by atoms with Crippen LogP contribution in [0.15, 0.2) is 212 Å². The summed E-state index contributed by atoms with van der Waals surface area (Å²) in [4.78, 5) is 5.18. The van der Waals surface area contributed by atoms with Gasteiger partial charge in [-0.05, 0) is 97.3 Å². The Bertz CT molecular complexity index is 2850. The quantitative estimate of drug-likeness (QED) is 0.161. The first-order valence-corrected chi connectivity index (χ1v) is 19.3. The zero-order valence-electron chi connectivity index (χ0n) is 30.8. The molecule has 9 aromatic rings. The van der Waals surface area contributed by atoms with Gasteiger partial charge in [0.2, 0.25) is 0 Å². The number of hydrogen-bond donors (Lipinski definition) is 2. The molecular weight excluding hydrogens is 679 g/mol. The van der Waals surface area contributed by atoms with Crippen molar-refractivity contribution in [2.45, 2.75) is 12.2 Å². The number of benzene rings is 8. The van der Waals surface area contributed by atoms with Crippen molar-refractivity contribution in [2.75, 3.05) is 0 Å². The summed E-state index contributed by atoms with van der Waals surface area (Å²) in [6.45, 7) is 0. The first-order chi connectivity index (χ1) is 27.7. The minimum absolute atomic E-state index is 0.0696. The van der Waals surface area contributed by atoms with Gasteiger partial charge in [-0.2, -0.15) is 0 Å². The summed E-state index contributed by atoms with van der Waals surface area (Å²) in [6, 6.07) is 73.8. The minimum Gasteiger partial charge on any atom is -0.366 e. The highest BCUT2D eigenvalue weighted by Gasteiger charge is 2.24. The van der Waals surface area contributed by atoms with E-state index in [9.17, 15) is 0 Å². The largest absolute Gasteiger partial charge is 0.366 e. The number of rotatable bonds is 7. The standard InChI is InChI=1S/C53H39N3/c1-5-15-36(16-6-1)47-34-49(37-17-7-2-8-18-37)54-48-30-28-44-32-43(27-29-46(44)52(47)48)41-24-13-23-40(31-41)42-25-14-26-45(33-42)53-55-50(38-19-9-3-10-20-38)35-51(56-53)39-21-11-4-12-22-39/h1-35,50,53,55-56H. The average molecular weight is 718 g/mol. The molecule has 56 heavy (non-hydrogen) atoms. The fourth-order valence-corrected chi connectivity index (χ4v) is 8.09. The molecule has 0 fully saturated rings. The van der Waals surface area contributed by atoms with Crippen LogP contribution in [-0.2, 0) is 0 Å². The van der Waals surface area contributed by atoms with Gasteiger partial charge in [0.25, 0.3) is 0 Å². The molecule has 3 heteroatoms. The molecule has 10 rings (SSSR count). The maximum atomic E-state index is 5.18. The van der Waals surface area contributed by atoms with E-state index in [1.165, 1.54) is 66.2 Å². The monoisotopic (exact) mass is 717 g/mol. The van der Waals surface area contributed by atoms with Gasteiger partial charge in [0, 0.05) is 16.6 Å². The molecule has 1 aliphatic heterocycles. The second kappa shape index (κ2) is 14.6. The summed E-state index contributed by atoms with van der Waals surface area (Å²) < 4.78 is 0. The molecule has 2 atom stereocenters. The lowest BCUT2D eigenvalue weighted by Gasteiger charge is -2.33. The van der Waals surface area contributed by atoms with E-state index in [0.29, 0.717) is 0 Å². The summed E-state index contributed by atoms with van der Waals surface area (Å²) in [5.41, 5.74) is 14.9. The third kappa shape index (κ3) is 6.55. The topological polar surface area (TPSA) is 37.0 Å². The van der Waals surface area contributed by atoms with Gasteiger partial charge >= 0.3 is 0 Å². The van der Waals surface area contributed by atoms with Gasteiger partial charge in [0.1, 0.15) is 6.17 Å². The molecule has 3 nitrogen and oxygen atoms in total. The summed E-state index contributed by atoms with van der Waals surface area (Å²) in [7, 11) is 0. The molecule has 0 saturated heterocycles. The van der Waals surface area contributed by atoms with E-state index < -0.39 is 0 Å². The van der Waals surface area contributed by atoms with Crippen molar-refractivity contribution in [1.29, 1.82) is 0 Å². The molecule has 0 spiro atoms. The van der Waals surface area contributed by atoms with Crippen molar-refractivity contribution in [3.63, 3.8) is 0 Å². The Kier molecular flexibility index (Phi) is 8.75. The Hall–Kier alpha value is -7.07. The summed E-state index contributed by atoms with van der Waals surface area (Å²) in [5.74, 6) is 0. The van der Waals surface area contributed by atoms with Gasteiger partial charge in [-0.15, -0.1) is 0 Å². The van der Waals surface area contributed by atoms with E-state index in [2.05, 4.69) is 217 Å². The highest BCUT2D eigenvalue weighted by molar-refractivity contribution is 6.14. The smallest absolute Gasteiger partial charge is 0.104 e. The highest BCUT2D eigenvalue weighted by Crippen LogP contribution is 2.39. The molecule has 266 valence electrons. The van der Waals surface area contributed by atoms with Gasteiger partial charge in [0.15, 0.2) is 0 Å². The molecule has 0 saturated carbocycles. The minimum atomic E-state index is -0.0714. The second-order valence-corrected chi connectivity index (χ2v) is 14.5. The Morgan fingerprint density at radius 2 is 0.982 bits per heavy atom. The summed E-state index contributed by atoms with van der Waals surface area (Å²) >= 11 is 0. The number of pyridine rings is 1. The number of nitrogens with one attached hydrogen (secondary N) is 2. The predicted molar refractivity (Wildman–Crippen MR) is 234 cm³/mol. The van der Waals surface area contributed by atoms with Crippen LogP contribution in [0.3, 0.4) is 0 Å². The molecule has 0 aliphatic carbocycles. The van der Waals surface area contributed by atoms with Crippen LogP contribution < -0.4 is 10.6 Å². The number of hydrogen-bond acceptors (Lipinski definition) is 3. The van der Waals surface area contributed by atoms with E-state index in [-0.39, 0.29) is 12.2 Å². The van der Waals surface area contributed by atoms with Crippen LogP contribution in [0.1, 0.15) is 28.9 Å². The zero-order valence-corrected chi connectivity index (χ0v) is 30.8. The average Bonchev–Trinajstić information content (AvgIpc) is 3.29. The SMILES string of the molecule is C1=C(c2ccccc2)NC(c2cccc(-c3cccc(-c4ccc5c(ccc6nc(-c7ccccc7)cc(-c7ccccc7)c65)c4)c3)c2)NC1c1ccccc1. The third-order valence-corrected chi connectivity index (χ3v) is 10.9. The molecule has 2 unspecified atom stereocenters. The van der Waals surface area contributed by atoms with Crippen LogP contribution >= 0.6 is 0 Å². The Morgan fingerprint density at radius 1 is 0.411 bits per heavy atom. The van der Waals surface area contributed by atoms with E-state index in [4.69, 9.17) is 4.98 Å². The Balaban J connectivity index is 0.998. The van der Waals surface area contributed by atoms with Crippen molar-refractivity contribution in [3.05, 3.63) is 229 Å². The lowest BCUT2D eigenvalue weighted by Crippen LogP contribution is -2.39. The second-order valence-electron chi connectivity index (χ2n) is 14.5. The fraction of sp³-hybridized carbons (Fsp3) is 0.0377. The summed E-state index contributed by atoms with van der Waals surface area (Å²) in [6.07, 6.45) is 2.22. The van der Waals surface area contributed by atoms with E-state index in [1.54, 1.807) is 0 Å². The van der Waals surface area contributed by atoms with Gasteiger partial charge < -0.3 is 5.32 Å². The van der Waals surface area contributed by atoms with Crippen molar-refractivity contribution in [1.82, 2.24) is 15.6 Å². The van der Waals surface area contributed by atoms with Crippen LogP contribution in [0.2, 0.25) is 0 Å². The lowest BCUT2D eigenvalue weighted by atomic mass is 9.92. The molecule has 0 amide bonds. The van der Waals surface area contributed by atoms with Gasteiger partial charge in [-0.3, -0.25) is 5.32 Å². The zero-order chi connectivity index (χ0) is 37.3. The first-order valence-electron chi connectivity index (χ1n) is 19.3. The number of fused-ring (bicyclic) bond motifs is 3. The van der Waals surface area contributed by atoms with Crippen molar-refractivity contribution < 1.29 is 0 Å². The van der Waals surface area contributed by atoms with Crippen LogP contribution in [0.4, 0.5) is 0 Å². The summed E-state index contributed by atoms with van der Waals surface area (Å²) in [5, 5.41) is 11.2. The molecular formula is C53H39N3. The lowest BCUT2D eigenvalue weighted by molar-refractivity contribution is 0.443. The number of aromatic nitrogens is 1. The highest BCUT2D eigenvalue weighted by atomic mass is 15.2. The van der Waals surface area contributed by atoms with Crippen LogP contribution in [0, 0.1) is 0 Å². The molecule has 2 heterocycles. The van der Waals surface area contributed by atoms with Crippen LogP contribution in [0.25, 0.3) is 72.0 Å². The van der Waals surface area contributed by atoms with Gasteiger partial charge in [-0.1, -0.05) is 176 Å². The van der Waals surface area contributed by atoms with E-state index >= 15 is 0 Å². The first kappa shape index (κ1) is 33.5. The molecule has 1 aliphatic rings. The van der Waals surface area contributed by atoms with Crippen molar-refractivity contribution in [2.24, 2.45) is 0 Å². The van der Waals surface area contributed by atoms with Crippen LogP contribution in [-0.4, -0.2) is 4.98 Å². The predicted octanol–water partition coefficient (Wildman–Crippen LogP) is 13.0. The van der Waals surface area contributed by atoms with E-state index in [0.717, 1.165) is 22.5 Å². The molecule has 1 aromatic heterocycles. The van der Waals surface area contributed by atoms with Gasteiger partial charge in [-0.25, -0.2) is 4.98 Å². The molecule has 8 aromatic carbocycles. The Morgan fingerprint density at radius 3 is 1.70 bits per heavy atom. The normalized spacial score (nSPS) is 15.3. The Labute approximate surface area is 327 Å². The van der Waals surface area contributed by atoms with Gasteiger partial charge in [0.05, 0.1) is 17.3 Å². The third-order valence-electron chi connectivity index (χ3n) is 10.9.